The van der Waals surface area contributed by atoms with Gasteiger partial charge in [-0.1, -0.05) is 18.2 Å². The molecule has 0 amide bonds. The molecule has 0 aliphatic rings. The fourth-order valence-corrected chi connectivity index (χ4v) is 1.50. The molecule has 0 spiro atoms. The molecule has 4 heteroatoms. The third kappa shape index (κ3) is 5.57. The maximum atomic E-state index is 5.76. The Morgan fingerprint density at radius 1 is 1.17 bits per heavy atom. The van der Waals surface area contributed by atoms with E-state index in [1.165, 1.54) is 0 Å². The maximum Gasteiger partial charge on any atom is 0.191 e. The van der Waals surface area contributed by atoms with Crippen molar-refractivity contribution < 1.29 is 4.74 Å². The van der Waals surface area contributed by atoms with Gasteiger partial charge >= 0.3 is 0 Å². The Morgan fingerprint density at radius 3 is 2.33 bits per heavy atom. The molecule has 1 aromatic carbocycles. The van der Waals surface area contributed by atoms with Gasteiger partial charge in [0.1, 0.15) is 11.9 Å². The minimum Gasteiger partial charge on any atom is -0.489 e. The highest BCUT2D eigenvalue weighted by Gasteiger charge is 2.03. The number of hydrogen-bond donors (Lipinski definition) is 2. The first kappa shape index (κ1) is 14.4. The molecule has 1 unspecified atom stereocenters. The van der Waals surface area contributed by atoms with E-state index in [9.17, 15) is 0 Å². The molecule has 0 radical (unpaired) electrons. The van der Waals surface area contributed by atoms with Crippen LogP contribution in [0.4, 0.5) is 0 Å². The van der Waals surface area contributed by atoms with Crippen LogP contribution < -0.4 is 15.4 Å². The van der Waals surface area contributed by atoms with Gasteiger partial charge in [0, 0.05) is 13.1 Å². The molecule has 0 aliphatic heterocycles. The number of aliphatic imine (C=N–C) groups is 1. The fraction of sp³-hybridized carbons (Fsp3) is 0.500. The second kappa shape index (κ2) is 8.39. The predicted molar refractivity (Wildman–Crippen MR) is 76.2 cm³/mol. The van der Waals surface area contributed by atoms with Crippen molar-refractivity contribution in [3.8, 4) is 5.75 Å². The molecule has 0 fully saturated rings. The molecule has 4 nitrogen and oxygen atoms in total. The number of nitrogens with one attached hydrogen (secondary N) is 2. The largest absolute Gasteiger partial charge is 0.489 e. The summed E-state index contributed by atoms with van der Waals surface area (Å²) in [6.45, 7) is 8.48. The van der Waals surface area contributed by atoms with Crippen LogP contribution in [0.1, 0.15) is 20.8 Å². The number of rotatable bonds is 6. The van der Waals surface area contributed by atoms with Crippen molar-refractivity contribution in [2.24, 2.45) is 4.99 Å². The Balaban J connectivity index is 2.43. The molecule has 0 saturated heterocycles. The quantitative estimate of drug-likeness (QED) is 0.599. The summed E-state index contributed by atoms with van der Waals surface area (Å²) < 4.78 is 5.76. The van der Waals surface area contributed by atoms with Gasteiger partial charge < -0.3 is 15.4 Å². The summed E-state index contributed by atoms with van der Waals surface area (Å²) in [5.41, 5.74) is 0. The van der Waals surface area contributed by atoms with Crippen LogP contribution in [-0.4, -0.2) is 31.7 Å². The van der Waals surface area contributed by atoms with Crippen LogP contribution >= 0.6 is 0 Å². The smallest absolute Gasteiger partial charge is 0.191 e. The average molecular weight is 249 g/mol. The zero-order valence-electron chi connectivity index (χ0n) is 11.4. The van der Waals surface area contributed by atoms with Crippen molar-refractivity contribution in [3.63, 3.8) is 0 Å². The molecule has 1 atom stereocenters. The Labute approximate surface area is 109 Å². The lowest BCUT2D eigenvalue weighted by atomic mass is 10.3. The van der Waals surface area contributed by atoms with Gasteiger partial charge in [-0.25, -0.2) is 4.99 Å². The molecule has 0 bridgehead atoms. The number of nitrogens with zero attached hydrogens (tertiary/aromatic N) is 1. The number of guanidine groups is 1. The van der Waals surface area contributed by atoms with Crippen LogP contribution in [0.3, 0.4) is 0 Å². The molecular formula is C14H23N3O. The monoisotopic (exact) mass is 249 g/mol. The van der Waals surface area contributed by atoms with Crippen molar-refractivity contribution >= 4 is 5.96 Å². The van der Waals surface area contributed by atoms with Crippen molar-refractivity contribution in [3.05, 3.63) is 30.3 Å². The summed E-state index contributed by atoms with van der Waals surface area (Å²) >= 11 is 0. The second-order valence-electron chi connectivity index (χ2n) is 3.99. The molecule has 100 valence electrons. The van der Waals surface area contributed by atoms with Crippen LogP contribution in [0.2, 0.25) is 0 Å². The van der Waals surface area contributed by atoms with Gasteiger partial charge in [0.05, 0.1) is 6.54 Å². The third-order valence-electron chi connectivity index (χ3n) is 2.28. The van der Waals surface area contributed by atoms with Crippen LogP contribution in [0.15, 0.2) is 35.3 Å². The van der Waals surface area contributed by atoms with Crippen molar-refractivity contribution in [2.75, 3.05) is 19.6 Å². The summed E-state index contributed by atoms with van der Waals surface area (Å²) in [7, 11) is 0. The van der Waals surface area contributed by atoms with E-state index in [0.29, 0.717) is 6.54 Å². The molecule has 1 aromatic rings. The van der Waals surface area contributed by atoms with Gasteiger partial charge in [-0.2, -0.15) is 0 Å². The van der Waals surface area contributed by atoms with Crippen LogP contribution in [-0.2, 0) is 0 Å². The predicted octanol–water partition coefficient (Wildman–Crippen LogP) is 2.03. The summed E-state index contributed by atoms with van der Waals surface area (Å²) in [6.07, 6.45) is 0.0553. The van der Waals surface area contributed by atoms with E-state index in [0.717, 1.165) is 24.8 Å². The van der Waals surface area contributed by atoms with Gasteiger partial charge in [-0.15, -0.1) is 0 Å². The number of hydrogen-bond acceptors (Lipinski definition) is 2. The second-order valence-corrected chi connectivity index (χ2v) is 3.99. The Hall–Kier alpha value is -1.71. The molecule has 0 aromatic heterocycles. The summed E-state index contributed by atoms with van der Waals surface area (Å²) in [5.74, 6) is 1.72. The van der Waals surface area contributed by atoms with E-state index in [2.05, 4.69) is 29.5 Å². The highest BCUT2D eigenvalue weighted by atomic mass is 16.5. The van der Waals surface area contributed by atoms with Crippen LogP contribution in [0.25, 0.3) is 0 Å². The van der Waals surface area contributed by atoms with Gasteiger partial charge in [0.2, 0.25) is 0 Å². The molecule has 2 N–H and O–H groups in total. The lowest BCUT2D eigenvalue weighted by molar-refractivity contribution is 0.230. The van der Waals surface area contributed by atoms with Gasteiger partial charge in [-0.3, -0.25) is 0 Å². The van der Waals surface area contributed by atoms with Crippen molar-refractivity contribution in [1.82, 2.24) is 10.6 Å². The molecule has 0 saturated carbocycles. The van der Waals surface area contributed by atoms with Crippen molar-refractivity contribution in [2.45, 2.75) is 26.9 Å². The first-order valence-electron chi connectivity index (χ1n) is 6.50. The average Bonchev–Trinajstić information content (AvgIpc) is 2.38. The summed E-state index contributed by atoms with van der Waals surface area (Å²) in [6, 6.07) is 9.82. The maximum absolute atomic E-state index is 5.76. The van der Waals surface area contributed by atoms with Crippen molar-refractivity contribution in [1.29, 1.82) is 0 Å². The first-order valence-corrected chi connectivity index (χ1v) is 6.50. The fourth-order valence-electron chi connectivity index (χ4n) is 1.50. The minimum absolute atomic E-state index is 0.0553. The lowest BCUT2D eigenvalue weighted by Gasteiger charge is -2.14. The molecule has 0 heterocycles. The van der Waals surface area contributed by atoms with E-state index < -0.39 is 0 Å². The van der Waals surface area contributed by atoms with Gasteiger partial charge in [-0.05, 0) is 32.9 Å². The van der Waals surface area contributed by atoms with Gasteiger partial charge in [0.25, 0.3) is 0 Å². The highest BCUT2D eigenvalue weighted by Crippen LogP contribution is 2.10. The number of ether oxygens (including phenoxy) is 1. The molecule has 1 rings (SSSR count). The third-order valence-corrected chi connectivity index (χ3v) is 2.28. The van der Waals surface area contributed by atoms with E-state index >= 15 is 0 Å². The number of para-hydroxylation sites is 1. The molecule has 18 heavy (non-hydrogen) atoms. The Kier molecular flexibility index (Phi) is 6.69. The summed E-state index contributed by atoms with van der Waals surface area (Å²) in [4.78, 5) is 4.47. The normalized spacial score (nSPS) is 11.5. The topological polar surface area (TPSA) is 45.7 Å². The van der Waals surface area contributed by atoms with Gasteiger partial charge in [0.15, 0.2) is 5.96 Å². The minimum atomic E-state index is 0.0553. The first-order chi connectivity index (χ1) is 8.76. The van der Waals surface area contributed by atoms with E-state index in [-0.39, 0.29) is 6.10 Å². The number of benzene rings is 1. The Morgan fingerprint density at radius 2 is 1.78 bits per heavy atom. The lowest BCUT2D eigenvalue weighted by Crippen LogP contribution is -2.37. The van der Waals surface area contributed by atoms with E-state index in [1.54, 1.807) is 0 Å². The van der Waals surface area contributed by atoms with Crippen LogP contribution in [0.5, 0.6) is 5.75 Å². The molecule has 0 aliphatic carbocycles. The Bertz CT molecular complexity index is 343. The zero-order chi connectivity index (χ0) is 13.2. The van der Waals surface area contributed by atoms with Crippen LogP contribution in [0, 0.1) is 0 Å². The summed E-state index contributed by atoms with van der Waals surface area (Å²) in [5, 5.41) is 6.37. The zero-order valence-corrected chi connectivity index (χ0v) is 11.4. The molecular weight excluding hydrogens is 226 g/mol. The van der Waals surface area contributed by atoms with E-state index in [4.69, 9.17) is 4.74 Å². The SMILES string of the molecule is CCNC(=NCC(C)Oc1ccccc1)NCC. The highest BCUT2D eigenvalue weighted by molar-refractivity contribution is 5.79. The van der Waals surface area contributed by atoms with E-state index in [1.807, 2.05) is 37.3 Å². The standard InChI is InChI=1S/C14H23N3O/c1-4-15-14(16-5-2)17-11-12(3)18-13-9-7-6-8-10-13/h6-10,12H,4-5,11H2,1-3H3,(H2,15,16,17).